The van der Waals surface area contributed by atoms with E-state index in [0.29, 0.717) is 22.9 Å². The monoisotopic (exact) mass is 634 g/mol. The lowest BCUT2D eigenvalue weighted by Crippen LogP contribution is -2.37. The maximum atomic E-state index is 15.9. The van der Waals surface area contributed by atoms with Crippen molar-refractivity contribution in [3.8, 4) is 0 Å². The molecule has 2 fully saturated rings. The highest BCUT2D eigenvalue weighted by Gasteiger charge is 2.62. The maximum absolute atomic E-state index is 15.9. The molecule has 0 aromatic carbocycles. The van der Waals surface area contributed by atoms with Gasteiger partial charge in [0, 0.05) is 18.0 Å². The van der Waals surface area contributed by atoms with Crippen molar-refractivity contribution in [2.24, 2.45) is 17.4 Å². The van der Waals surface area contributed by atoms with E-state index in [2.05, 4.69) is 44.4 Å². The molecule has 4 heterocycles. The largest absolute Gasteiger partial charge is 0.387 e. The van der Waals surface area contributed by atoms with Gasteiger partial charge < -0.3 is 46.2 Å². The summed E-state index contributed by atoms with van der Waals surface area (Å²) >= 11 is 0. The summed E-state index contributed by atoms with van der Waals surface area (Å²) < 4.78 is 54.3. The van der Waals surface area contributed by atoms with E-state index in [-0.39, 0.29) is 25.2 Å². The lowest BCUT2D eigenvalue weighted by Gasteiger charge is -2.28. The molecule has 7 N–H and O–H groups in total. The number of alkyl halides is 2. The number of anilines is 2. The van der Waals surface area contributed by atoms with Crippen molar-refractivity contribution in [2.75, 3.05) is 30.4 Å². The van der Waals surface area contributed by atoms with Crippen LogP contribution in [-0.4, -0.2) is 93.5 Å². The Morgan fingerprint density at radius 1 is 0.933 bits per heavy atom. The third-order valence-corrected chi connectivity index (χ3v) is 9.61. The quantitative estimate of drug-likeness (QED) is 0.203. The van der Waals surface area contributed by atoms with Gasteiger partial charge in [0.25, 0.3) is 0 Å². The molecule has 6 rings (SSSR count). The van der Waals surface area contributed by atoms with Crippen LogP contribution in [0, 0.1) is 5.92 Å². The molecule has 0 saturated carbocycles. The molecule has 2 unspecified atom stereocenters. The number of ether oxygens (including phenoxy) is 4. The highest BCUT2D eigenvalue weighted by Crippen LogP contribution is 2.59. The van der Waals surface area contributed by atoms with Crippen LogP contribution < -0.4 is 22.1 Å². The summed E-state index contributed by atoms with van der Waals surface area (Å²) in [6, 6.07) is 0. The van der Waals surface area contributed by atoms with Gasteiger partial charge in [-0.3, -0.25) is 0 Å². The Kier molecular flexibility index (Phi) is 8.50. The van der Waals surface area contributed by atoms with Gasteiger partial charge in [-0.05, 0) is 40.0 Å². The fourth-order valence-electron chi connectivity index (χ4n) is 6.40. The van der Waals surface area contributed by atoms with Gasteiger partial charge in [0.05, 0.1) is 41.8 Å². The van der Waals surface area contributed by atoms with Crippen LogP contribution in [0.4, 0.5) is 20.4 Å². The van der Waals surface area contributed by atoms with Gasteiger partial charge >= 0.3 is 0 Å². The molecule has 2 aliphatic heterocycles. The summed E-state index contributed by atoms with van der Waals surface area (Å²) in [6.07, 6.45) is -4.23. The predicted octanol–water partition coefficient (Wildman–Crippen LogP) is 1.97. The number of rotatable bonds is 14. The highest BCUT2D eigenvalue weighted by molar-refractivity contribution is 5.67. The Morgan fingerprint density at radius 3 is 2.24 bits per heavy atom. The standard InChI is InChI=1S/C30H44F2N8O5/c1-6-8-35-26-17-22(36-12-38-26)29(17,5)42-10-15-14(19(31)24(33)44-15)9-30(43-11-16-21(41)20(32)25(34)45-16)18-23(30)37-13-39-27(18)40-28(3,4)7-2/h12-16,19-21,24-25,41H,6-11,33-34H2,1-5H3,(H,35,36,38)(H,37,39,40)/t14-,15-,16-,19-,20-,21-,24-,25-,29?,30?/m1/s1. The molecular formula is C30H44F2N8O5. The Morgan fingerprint density at radius 2 is 1.58 bits per heavy atom. The van der Waals surface area contributed by atoms with Gasteiger partial charge in [-0.1, -0.05) is 13.8 Å². The fraction of sp³-hybridized carbons (Fsp3) is 0.733. The molecule has 248 valence electrons. The molecule has 15 heteroatoms. The number of aliphatic hydroxyl groups excluding tert-OH is 1. The molecule has 4 aliphatic rings. The van der Waals surface area contributed by atoms with Crippen LogP contribution in [0.15, 0.2) is 12.7 Å². The molecule has 13 nitrogen and oxygen atoms in total. The molecule has 2 aromatic heterocycles. The Hall–Kier alpha value is -2.66. The zero-order chi connectivity index (χ0) is 32.3. The average Bonchev–Trinajstić information content (AvgIpc) is 3.79. The minimum atomic E-state index is -1.76. The number of fused-ring (bicyclic) bond motifs is 2. The number of nitrogens with zero attached hydrogens (tertiary/aromatic N) is 4. The topological polar surface area (TPSA) is 185 Å². The first-order valence-corrected chi connectivity index (χ1v) is 15.7. The number of halogens is 2. The van der Waals surface area contributed by atoms with E-state index in [9.17, 15) is 9.50 Å². The number of nitrogens with one attached hydrogen (secondary N) is 2. The van der Waals surface area contributed by atoms with Gasteiger partial charge in [-0.25, -0.2) is 28.7 Å². The second-order valence-electron chi connectivity index (χ2n) is 13.2. The van der Waals surface area contributed by atoms with Crippen molar-refractivity contribution in [3.05, 3.63) is 35.2 Å². The summed E-state index contributed by atoms with van der Waals surface area (Å²) in [4.78, 5) is 17.7. The molecule has 2 aliphatic carbocycles. The Labute approximate surface area is 261 Å². The molecule has 45 heavy (non-hydrogen) atoms. The van der Waals surface area contributed by atoms with E-state index < -0.39 is 60.2 Å². The summed E-state index contributed by atoms with van der Waals surface area (Å²) in [5.74, 6) is 0.508. The SMILES string of the molecule is CCCNc1ncnc2c1C2(C)OC[C@H]1O[C@@H](N)[C@H](F)[C@@H]1CC1(OC[C@H]2O[C@@H](N)[C@H](F)[C@@H]2O)c2ncnc(NC(C)(C)CC)c21. The second kappa shape index (κ2) is 11.9. The smallest absolute Gasteiger partial charge is 0.168 e. The van der Waals surface area contributed by atoms with E-state index in [1.807, 2.05) is 20.8 Å². The molecular weight excluding hydrogens is 590 g/mol. The molecule has 2 aromatic rings. The van der Waals surface area contributed by atoms with Crippen molar-refractivity contribution in [2.45, 2.75) is 114 Å². The van der Waals surface area contributed by atoms with Crippen molar-refractivity contribution in [1.29, 1.82) is 0 Å². The fourth-order valence-corrected chi connectivity index (χ4v) is 6.40. The van der Waals surface area contributed by atoms with Crippen molar-refractivity contribution >= 4 is 11.6 Å². The van der Waals surface area contributed by atoms with Crippen molar-refractivity contribution < 1.29 is 32.8 Å². The van der Waals surface area contributed by atoms with Crippen molar-refractivity contribution in [3.63, 3.8) is 0 Å². The van der Waals surface area contributed by atoms with E-state index in [4.69, 9.17) is 30.4 Å². The first-order chi connectivity index (χ1) is 21.4. The van der Waals surface area contributed by atoms with Crippen LogP contribution >= 0.6 is 0 Å². The number of aromatic nitrogens is 4. The zero-order valence-corrected chi connectivity index (χ0v) is 26.3. The van der Waals surface area contributed by atoms with Gasteiger partial charge in [-0.15, -0.1) is 0 Å². The van der Waals surface area contributed by atoms with Gasteiger partial charge in [0.2, 0.25) is 0 Å². The van der Waals surface area contributed by atoms with Gasteiger partial charge in [0.15, 0.2) is 6.17 Å². The van der Waals surface area contributed by atoms with Crippen LogP contribution in [-0.2, 0) is 30.1 Å². The number of hydrogen-bond acceptors (Lipinski definition) is 13. The summed E-state index contributed by atoms with van der Waals surface area (Å²) in [6.45, 7) is 10.7. The third kappa shape index (κ3) is 5.66. The first kappa shape index (κ1) is 32.3. The predicted molar refractivity (Wildman–Crippen MR) is 160 cm³/mol. The van der Waals surface area contributed by atoms with Crippen LogP contribution in [0.1, 0.15) is 76.4 Å². The van der Waals surface area contributed by atoms with E-state index >= 15 is 4.39 Å². The maximum Gasteiger partial charge on any atom is 0.168 e. The van der Waals surface area contributed by atoms with Crippen molar-refractivity contribution in [1.82, 2.24) is 19.9 Å². The number of aliphatic hydroxyl groups is 1. The normalized spacial score (nSPS) is 36.5. The summed E-state index contributed by atoms with van der Waals surface area (Å²) in [5, 5.41) is 17.1. The lowest BCUT2D eigenvalue weighted by atomic mass is 9.90. The zero-order valence-electron chi connectivity index (χ0n) is 26.3. The molecule has 0 bridgehead atoms. The van der Waals surface area contributed by atoms with Crippen LogP contribution in [0.2, 0.25) is 0 Å². The van der Waals surface area contributed by atoms with Gasteiger partial charge in [0.1, 0.15) is 66.3 Å². The van der Waals surface area contributed by atoms with E-state index in [1.165, 1.54) is 12.7 Å². The minimum Gasteiger partial charge on any atom is -0.387 e. The summed E-state index contributed by atoms with van der Waals surface area (Å²) in [5.41, 5.74) is 12.3. The molecule has 0 amide bonds. The second-order valence-corrected chi connectivity index (χ2v) is 13.2. The Balaban J connectivity index is 1.23. The highest BCUT2D eigenvalue weighted by atomic mass is 19.1. The van der Waals surface area contributed by atoms with Crippen LogP contribution in [0.25, 0.3) is 0 Å². The minimum absolute atomic E-state index is 0.0355. The van der Waals surface area contributed by atoms with Crippen LogP contribution in [0.5, 0.6) is 0 Å². The summed E-state index contributed by atoms with van der Waals surface area (Å²) in [7, 11) is 0. The molecule has 2 saturated heterocycles. The van der Waals surface area contributed by atoms with E-state index in [1.54, 1.807) is 0 Å². The Bertz CT molecular complexity index is 1410. The van der Waals surface area contributed by atoms with E-state index in [0.717, 1.165) is 30.6 Å². The molecule has 0 spiro atoms. The molecule has 0 radical (unpaired) electrons. The third-order valence-electron chi connectivity index (χ3n) is 9.61. The number of hydrogen-bond donors (Lipinski definition) is 5. The first-order valence-electron chi connectivity index (χ1n) is 15.7. The lowest BCUT2D eigenvalue weighted by molar-refractivity contribution is -0.0962. The van der Waals surface area contributed by atoms with Gasteiger partial charge in [-0.2, -0.15) is 0 Å². The average molecular weight is 635 g/mol. The van der Waals surface area contributed by atoms with Crippen LogP contribution in [0.3, 0.4) is 0 Å². The molecule has 10 atom stereocenters. The number of nitrogens with two attached hydrogens (primary N) is 2.